The molecule has 1 aromatic heterocycles. The Morgan fingerprint density at radius 3 is 2.44 bits per heavy atom. The summed E-state index contributed by atoms with van der Waals surface area (Å²) in [7, 11) is 1.86. The maximum atomic E-state index is 11.5. The van der Waals surface area contributed by atoms with Gasteiger partial charge in [0.05, 0.1) is 11.6 Å². The first-order valence-corrected chi connectivity index (χ1v) is 10.7. The number of rotatable bonds is 4. The number of aromatic nitrogens is 1. The molecule has 1 saturated heterocycles. The van der Waals surface area contributed by atoms with E-state index in [1.165, 1.54) is 12.8 Å². The third-order valence-electron chi connectivity index (χ3n) is 4.37. The summed E-state index contributed by atoms with van der Waals surface area (Å²) in [6.07, 6.45) is 5.18. The molecule has 3 rings (SSSR count). The monoisotopic (exact) mass is 430 g/mol. The maximum absolute atomic E-state index is 11.5. The van der Waals surface area contributed by atoms with Gasteiger partial charge in [0, 0.05) is 26.1 Å². The van der Waals surface area contributed by atoms with Crippen molar-refractivity contribution in [1.29, 1.82) is 10.5 Å². The van der Waals surface area contributed by atoms with Gasteiger partial charge in [-0.2, -0.15) is 10.5 Å². The fourth-order valence-electron chi connectivity index (χ4n) is 2.81. The van der Waals surface area contributed by atoms with Crippen LogP contribution in [0.3, 0.4) is 0 Å². The summed E-state index contributed by atoms with van der Waals surface area (Å²) in [6.45, 7) is 6.74. The van der Waals surface area contributed by atoms with Crippen molar-refractivity contribution >= 4 is 5.91 Å². The second-order valence-corrected chi connectivity index (χ2v) is 6.63. The average Bonchev–Trinajstić information content (AvgIpc) is 3.37. The summed E-state index contributed by atoms with van der Waals surface area (Å²) in [4.78, 5) is 17.4. The summed E-state index contributed by atoms with van der Waals surface area (Å²) in [5.74, 6) is 5.32. The van der Waals surface area contributed by atoms with Gasteiger partial charge in [-0.15, -0.1) is 0 Å². The Hall–Kier alpha value is -3.86. The lowest BCUT2D eigenvalue weighted by molar-refractivity contribution is 0.0995. The van der Waals surface area contributed by atoms with Crippen LogP contribution in [0.4, 0.5) is 0 Å². The smallest absolute Gasteiger partial charge is 0.267 e. The Bertz CT molecular complexity index is 1020. The van der Waals surface area contributed by atoms with Gasteiger partial charge in [0.15, 0.2) is 6.19 Å². The number of nitrogens with two attached hydrogens (primary N) is 1. The Balaban J connectivity index is 0.000000477. The normalized spacial score (nSPS) is 11.3. The van der Waals surface area contributed by atoms with Crippen LogP contribution in [0.5, 0.6) is 0 Å². The lowest BCUT2D eigenvalue weighted by atomic mass is 10.0. The molecule has 1 aliphatic heterocycles. The number of amides is 1. The summed E-state index contributed by atoms with van der Waals surface area (Å²) in [5.41, 5.74) is 8.10. The highest BCUT2D eigenvalue weighted by atomic mass is 16.1. The van der Waals surface area contributed by atoms with Gasteiger partial charge in [0.25, 0.3) is 5.91 Å². The molecule has 1 aliphatic rings. The van der Waals surface area contributed by atoms with Crippen LogP contribution in [0, 0.1) is 34.6 Å². The van der Waals surface area contributed by atoms with Crippen LogP contribution < -0.4 is 11.1 Å². The first kappa shape index (κ1) is 26.2. The third kappa shape index (κ3) is 8.88. The summed E-state index contributed by atoms with van der Waals surface area (Å²) in [5, 5.41) is 20.3. The zero-order valence-corrected chi connectivity index (χ0v) is 19.0. The largest absolute Gasteiger partial charge is 0.364 e. The van der Waals surface area contributed by atoms with E-state index in [9.17, 15) is 4.79 Å². The van der Waals surface area contributed by atoms with Gasteiger partial charge >= 0.3 is 0 Å². The lowest BCUT2D eigenvalue weighted by Gasteiger charge is -2.05. The number of pyridine rings is 1. The van der Waals surface area contributed by atoms with Crippen molar-refractivity contribution in [2.75, 3.05) is 26.7 Å². The summed E-state index contributed by atoms with van der Waals surface area (Å²) >= 11 is 0. The predicted molar refractivity (Wildman–Crippen MR) is 126 cm³/mol. The zero-order valence-electron chi connectivity index (χ0n) is 19.0. The van der Waals surface area contributed by atoms with Crippen LogP contribution >= 0.6 is 0 Å². The summed E-state index contributed by atoms with van der Waals surface area (Å²) < 4.78 is 0. The minimum Gasteiger partial charge on any atom is -0.364 e. The molecule has 0 radical (unpaired) electrons. The molecule has 7 heteroatoms. The van der Waals surface area contributed by atoms with Crippen molar-refractivity contribution in [2.45, 2.75) is 33.1 Å². The van der Waals surface area contributed by atoms with E-state index in [0.29, 0.717) is 17.7 Å². The second-order valence-electron chi connectivity index (χ2n) is 6.63. The molecule has 2 heterocycles. The number of benzene rings is 1. The number of hydrogen-bond acceptors (Lipinski definition) is 6. The van der Waals surface area contributed by atoms with Crippen molar-refractivity contribution in [3.8, 4) is 35.2 Å². The molecular weight excluding hydrogens is 400 g/mol. The Morgan fingerprint density at radius 1 is 1.16 bits per heavy atom. The molecule has 0 saturated carbocycles. The molecule has 3 N–H and O–H groups in total. The Morgan fingerprint density at radius 2 is 1.88 bits per heavy atom. The number of nitrogens with zero attached hydrogens (tertiary/aromatic N) is 4. The van der Waals surface area contributed by atoms with Crippen molar-refractivity contribution in [1.82, 2.24) is 15.2 Å². The van der Waals surface area contributed by atoms with Gasteiger partial charge in [0.2, 0.25) is 0 Å². The number of carbonyl (C=O) groups excluding carboxylic acids is 1. The third-order valence-corrected chi connectivity index (χ3v) is 4.37. The average molecular weight is 431 g/mol. The van der Waals surface area contributed by atoms with E-state index in [4.69, 9.17) is 16.3 Å². The molecule has 0 spiro atoms. The topological polar surface area (TPSA) is 119 Å². The van der Waals surface area contributed by atoms with Gasteiger partial charge in [-0.05, 0) is 61.2 Å². The van der Waals surface area contributed by atoms with Crippen molar-refractivity contribution in [2.24, 2.45) is 5.73 Å². The summed E-state index contributed by atoms with van der Waals surface area (Å²) in [6, 6.07) is 12.6. The fourth-order valence-corrected chi connectivity index (χ4v) is 2.81. The van der Waals surface area contributed by atoms with E-state index in [1.54, 1.807) is 35.2 Å². The molecule has 1 amide bonds. The SMILES string of the molecule is CC.CNCCC#Cc1cc(-c2cccc(C#N)c2)cc(C(N)=O)n1.N#CN1CCCC1. The van der Waals surface area contributed by atoms with Gasteiger partial charge in [-0.3, -0.25) is 4.79 Å². The van der Waals surface area contributed by atoms with Crippen molar-refractivity contribution < 1.29 is 4.79 Å². The molecule has 32 heavy (non-hydrogen) atoms. The van der Waals surface area contributed by atoms with Crippen molar-refractivity contribution in [3.63, 3.8) is 0 Å². The van der Waals surface area contributed by atoms with Gasteiger partial charge in [-0.25, -0.2) is 4.98 Å². The standard InChI is InChI=1S/C18H16N4O.C5H8N2.C2H6/c1-21-8-3-2-7-16-10-15(11-17(22-16)18(20)23)14-6-4-5-13(9-14)12-19;6-5-7-3-1-2-4-7;1-2/h4-6,9-11,21H,3,8H2,1H3,(H2,20,23);1-4H2;1-2H3. The van der Waals surface area contributed by atoms with Crippen LogP contribution in [0.15, 0.2) is 36.4 Å². The van der Waals surface area contributed by atoms with E-state index in [1.807, 2.05) is 27.0 Å². The number of primary amides is 1. The van der Waals surface area contributed by atoms with Crippen LogP contribution in [0.25, 0.3) is 11.1 Å². The highest BCUT2D eigenvalue weighted by Gasteiger charge is 2.09. The van der Waals surface area contributed by atoms with E-state index < -0.39 is 5.91 Å². The van der Waals surface area contributed by atoms with Gasteiger partial charge in [0.1, 0.15) is 11.4 Å². The second kappa shape index (κ2) is 15.0. The maximum Gasteiger partial charge on any atom is 0.267 e. The molecule has 1 fully saturated rings. The molecule has 166 valence electrons. The first-order valence-electron chi connectivity index (χ1n) is 10.7. The van der Waals surface area contributed by atoms with Crippen LogP contribution in [0.2, 0.25) is 0 Å². The lowest BCUT2D eigenvalue weighted by Crippen LogP contribution is -2.13. The number of carbonyl (C=O) groups is 1. The molecule has 7 nitrogen and oxygen atoms in total. The molecular formula is C25H30N6O. The highest BCUT2D eigenvalue weighted by Crippen LogP contribution is 2.22. The fraction of sp³-hybridized carbons (Fsp3) is 0.360. The molecule has 2 aromatic rings. The number of nitriles is 2. The highest BCUT2D eigenvalue weighted by molar-refractivity contribution is 5.92. The van der Waals surface area contributed by atoms with Crippen LogP contribution in [-0.4, -0.2) is 42.5 Å². The number of likely N-dealkylation sites (tertiary alicyclic amines) is 1. The first-order chi connectivity index (χ1) is 15.6. The molecule has 0 atom stereocenters. The molecule has 0 aliphatic carbocycles. The quantitative estimate of drug-likeness (QED) is 0.436. The molecule has 0 unspecified atom stereocenters. The van der Waals surface area contributed by atoms with E-state index in [0.717, 1.165) is 30.8 Å². The Labute approximate surface area is 190 Å². The van der Waals surface area contributed by atoms with Crippen LogP contribution in [0.1, 0.15) is 54.9 Å². The van der Waals surface area contributed by atoms with E-state index >= 15 is 0 Å². The molecule has 1 aromatic carbocycles. The minimum atomic E-state index is -0.610. The van der Waals surface area contributed by atoms with E-state index in [-0.39, 0.29) is 5.69 Å². The number of hydrogen-bond donors (Lipinski definition) is 2. The minimum absolute atomic E-state index is 0.155. The van der Waals surface area contributed by atoms with E-state index in [2.05, 4.69) is 34.4 Å². The van der Waals surface area contributed by atoms with Gasteiger partial charge in [-0.1, -0.05) is 31.9 Å². The predicted octanol–water partition coefficient (Wildman–Crippen LogP) is 3.27. The Kier molecular flexibility index (Phi) is 12.3. The van der Waals surface area contributed by atoms with Crippen LogP contribution in [-0.2, 0) is 0 Å². The van der Waals surface area contributed by atoms with Gasteiger partial charge < -0.3 is 16.0 Å². The molecule has 0 bridgehead atoms. The van der Waals surface area contributed by atoms with Crippen molar-refractivity contribution in [3.05, 3.63) is 53.3 Å². The zero-order chi connectivity index (χ0) is 23.8. The number of nitrogens with one attached hydrogen (secondary N) is 1.